The van der Waals surface area contributed by atoms with Crippen molar-refractivity contribution in [3.63, 3.8) is 0 Å². The third-order valence-electron chi connectivity index (χ3n) is 5.13. The molecule has 0 fully saturated rings. The fourth-order valence-corrected chi connectivity index (χ4v) is 4.42. The minimum absolute atomic E-state index is 0.0313. The zero-order valence-electron chi connectivity index (χ0n) is 17.2. The number of aromatic carboxylic acids is 1. The topological polar surface area (TPSA) is 122 Å². The van der Waals surface area contributed by atoms with Gasteiger partial charge in [0, 0.05) is 11.1 Å². The summed E-state index contributed by atoms with van der Waals surface area (Å²) in [7, 11) is 0. The summed E-state index contributed by atoms with van der Waals surface area (Å²) in [6, 6.07) is 17.2. The van der Waals surface area contributed by atoms with E-state index >= 15 is 0 Å². The summed E-state index contributed by atoms with van der Waals surface area (Å²) in [5.74, 6) is -1.20. The lowest BCUT2D eigenvalue weighted by Crippen LogP contribution is -2.35. The number of fused-ring (bicyclic) bond motifs is 1. The highest BCUT2D eigenvalue weighted by Crippen LogP contribution is 2.32. The van der Waals surface area contributed by atoms with Crippen LogP contribution in [0.2, 0.25) is 0 Å². The van der Waals surface area contributed by atoms with E-state index in [1.807, 2.05) is 31.2 Å². The Labute approximate surface area is 192 Å². The van der Waals surface area contributed by atoms with Crippen LogP contribution in [-0.2, 0) is 4.79 Å². The first-order valence-corrected chi connectivity index (χ1v) is 10.7. The van der Waals surface area contributed by atoms with E-state index in [-0.39, 0.29) is 17.0 Å². The predicted octanol–water partition coefficient (Wildman–Crippen LogP) is 3.29. The van der Waals surface area contributed by atoms with Gasteiger partial charge in [-0.1, -0.05) is 42.5 Å². The number of carboxylic acids is 1. The number of nitrogens with zero attached hydrogens (tertiary/aromatic N) is 3. The number of carboxylic acid groups (broad SMARTS) is 1. The summed E-state index contributed by atoms with van der Waals surface area (Å²) in [5, 5.41) is 26.5. The van der Waals surface area contributed by atoms with Crippen molar-refractivity contribution in [2.45, 2.75) is 6.92 Å². The monoisotopic (exact) mass is 455 g/mol. The summed E-state index contributed by atoms with van der Waals surface area (Å²) in [4.78, 5) is 27.9. The maximum atomic E-state index is 12.7. The van der Waals surface area contributed by atoms with E-state index < -0.39 is 11.9 Å². The number of amidine groups is 2. The molecule has 0 aliphatic carbocycles. The van der Waals surface area contributed by atoms with E-state index in [0.717, 1.165) is 11.1 Å². The molecule has 1 amide bonds. The Morgan fingerprint density at radius 2 is 1.97 bits per heavy atom. The van der Waals surface area contributed by atoms with Gasteiger partial charge >= 0.3 is 0 Å². The third-order valence-corrected chi connectivity index (χ3v) is 6.07. The van der Waals surface area contributed by atoms with Gasteiger partial charge in [0.15, 0.2) is 5.84 Å². The van der Waals surface area contributed by atoms with Gasteiger partial charge < -0.3 is 14.3 Å². The molecule has 1 aromatic heterocycles. The van der Waals surface area contributed by atoms with Crippen molar-refractivity contribution in [3.8, 4) is 11.3 Å². The summed E-state index contributed by atoms with van der Waals surface area (Å²) in [6.45, 7) is 1.97. The lowest BCUT2D eigenvalue weighted by Gasteiger charge is -2.19. The number of furan rings is 1. The van der Waals surface area contributed by atoms with Crippen molar-refractivity contribution >= 4 is 45.8 Å². The van der Waals surface area contributed by atoms with Crippen molar-refractivity contribution in [1.82, 2.24) is 5.01 Å². The van der Waals surface area contributed by atoms with Crippen LogP contribution in [0.3, 0.4) is 0 Å². The standard InChI is InChI=1S/C24H16N4O4S/c1-13-5-2-3-8-17(13)22-27-28-20(25)18(21(29)26-24(28)33-22)12-16-9-10-19(32-16)14-6-4-7-15(11-14)23(30)31/h2-12,25H,1H3,(H,30,31)/p-1/b18-12-,25-20?. The van der Waals surface area contributed by atoms with Crippen LogP contribution in [0.25, 0.3) is 17.4 Å². The minimum atomic E-state index is -1.28. The van der Waals surface area contributed by atoms with E-state index in [4.69, 9.17) is 9.83 Å². The first kappa shape index (κ1) is 20.7. The first-order valence-electron chi connectivity index (χ1n) is 9.88. The lowest BCUT2D eigenvalue weighted by atomic mass is 10.1. The van der Waals surface area contributed by atoms with Gasteiger partial charge in [0.25, 0.3) is 5.91 Å². The van der Waals surface area contributed by atoms with Crippen molar-refractivity contribution < 1.29 is 19.1 Å². The van der Waals surface area contributed by atoms with Gasteiger partial charge in [-0.05, 0) is 54.1 Å². The fourth-order valence-electron chi connectivity index (χ4n) is 3.44. The number of aliphatic imine (C=N–C) groups is 1. The van der Waals surface area contributed by atoms with Crippen molar-refractivity contribution in [1.29, 1.82) is 5.41 Å². The van der Waals surface area contributed by atoms with Gasteiger partial charge in [0.05, 0.1) is 11.5 Å². The van der Waals surface area contributed by atoms with Crippen LogP contribution < -0.4 is 5.11 Å². The van der Waals surface area contributed by atoms with Gasteiger partial charge in [0.2, 0.25) is 5.17 Å². The zero-order valence-corrected chi connectivity index (χ0v) is 18.1. The number of rotatable bonds is 4. The number of carbonyl (C=O) groups is 2. The molecule has 33 heavy (non-hydrogen) atoms. The Balaban J connectivity index is 1.45. The second-order valence-corrected chi connectivity index (χ2v) is 8.27. The molecule has 3 heterocycles. The molecule has 9 heteroatoms. The predicted molar refractivity (Wildman–Crippen MR) is 124 cm³/mol. The van der Waals surface area contributed by atoms with Gasteiger partial charge in [-0.15, -0.1) is 0 Å². The van der Waals surface area contributed by atoms with Crippen LogP contribution in [0.5, 0.6) is 0 Å². The molecule has 0 saturated carbocycles. The van der Waals surface area contributed by atoms with E-state index in [0.29, 0.717) is 27.3 Å². The second-order valence-electron chi connectivity index (χ2n) is 7.31. The molecule has 8 nitrogen and oxygen atoms in total. The van der Waals surface area contributed by atoms with Crippen molar-refractivity contribution in [2.75, 3.05) is 0 Å². The quantitative estimate of drug-likeness (QED) is 0.603. The number of nitrogens with one attached hydrogen (secondary N) is 1. The maximum absolute atomic E-state index is 12.7. The molecule has 2 aromatic carbocycles. The Bertz CT molecular complexity index is 1430. The molecular formula is C24H15N4O4S-. The van der Waals surface area contributed by atoms with Crippen LogP contribution >= 0.6 is 11.8 Å². The Morgan fingerprint density at radius 1 is 1.15 bits per heavy atom. The first-order chi connectivity index (χ1) is 15.9. The van der Waals surface area contributed by atoms with Crippen molar-refractivity contribution in [3.05, 3.63) is 88.7 Å². The number of aryl methyl sites for hydroxylation is 1. The number of hydrogen-bond donors (Lipinski definition) is 1. The SMILES string of the molecule is Cc1ccccc1C1=NN2C(=N)/C(=C/c3ccc(-c4cccc(C(=O)[O-])c4)o3)C(=O)N=C2S1. The Kier molecular flexibility index (Phi) is 5.02. The molecular weight excluding hydrogens is 440 g/mol. The van der Waals surface area contributed by atoms with Gasteiger partial charge in [-0.25, -0.2) is 0 Å². The normalized spacial score (nSPS) is 16.6. The molecule has 2 aliphatic heterocycles. The number of hydrazone groups is 1. The molecule has 2 aliphatic rings. The zero-order chi connectivity index (χ0) is 23.1. The summed E-state index contributed by atoms with van der Waals surface area (Å²) >= 11 is 1.24. The largest absolute Gasteiger partial charge is 0.545 e. The molecule has 0 radical (unpaired) electrons. The van der Waals surface area contributed by atoms with Crippen LogP contribution in [0.1, 0.15) is 27.2 Å². The average molecular weight is 455 g/mol. The van der Waals surface area contributed by atoms with Gasteiger partial charge in [-0.3, -0.25) is 10.2 Å². The Hall–Kier alpha value is -4.24. The number of carbonyl (C=O) groups excluding carboxylic acids is 2. The summed E-state index contributed by atoms with van der Waals surface area (Å²) in [5.41, 5.74) is 2.57. The Morgan fingerprint density at radius 3 is 2.76 bits per heavy atom. The lowest BCUT2D eigenvalue weighted by molar-refractivity contribution is -0.255. The molecule has 3 aromatic rings. The summed E-state index contributed by atoms with van der Waals surface area (Å²) in [6.07, 6.45) is 1.43. The van der Waals surface area contributed by atoms with E-state index in [9.17, 15) is 14.7 Å². The third kappa shape index (κ3) is 3.79. The number of amides is 1. The molecule has 5 rings (SSSR count). The van der Waals surface area contributed by atoms with Crippen LogP contribution in [0, 0.1) is 12.3 Å². The average Bonchev–Trinajstić information content (AvgIpc) is 3.44. The second kappa shape index (κ2) is 8.03. The highest BCUT2D eigenvalue weighted by molar-refractivity contribution is 8.27. The number of thioether (sulfide) groups is 1. The molecule has 0 saturated heterocycles. The molecule has 0 atom stereocenters. The minimum Gasteiger partial charge on any atom is -0.545 e. The molecule has 0 unspecified atom stereocenters. The highest BCUT2D eigenvalue weighted by Gasteiger charge is 2.36. The van der Waals surface area contributed by atoms with Crippen LogP contribution in [0.4, 0.5) is 0 Å². The van der Waals surface area contributed by atoms with E-state index in [2.05, 4.69) is 10.1 Å². The fraction of sp³-hybridized carbons (Fsp3) is 0.0417. The van der Waals surface area contributed by atoms with Crippen LogP contribution in [-0.4, -0.2) is 32.9 Å². The van der Waals surface area contributed by atoms with Crippen LogP contribution in [0.15, 0.2) is 80.7 Å². The number of hydrogen-bond acceptors (Lipinski definition) is 7. The maximum Gasteiger partial charge on any atom is 0.283 e. The summed E-state index contributed by atoms with van der Waals surface area (Å²) < 4.78 is 5.77. The van der Waals surface area contributed by atoms with Gasteiger partial charge in [0.1, 0.15) is 16.6 Å². The van der Waals surface area contributed by atoms with Gasteiger partial charge in [-0.2, -0.15) is 15.1 Å². The highest BCUT2D eigenvalue weighted by atomic mass is 32.2. The van der Waals surface area contributed by atoms with E-state index in [1.165, 1.54) is 35.0 Å². The molecule has 0 spiro atoms. The number of benzene rings is 2. The molecule has 162 valence electrons. The van der Waals surface area contributed by atoms with E-state index in [1.54, 1.807) is 24.3 Å². The molecule has 1 N–H and O–H groups in total. The smallest absolute Gasteiger partial charge is 0.283 e. The molecule has 0 bridgehead atoms. The van der Waals surface area contributed by atoms with Crippen molar-refractivity contribution in [2.24, 2.45) is 10.1 Å².